The molecule has 0 aliphatic rings. The summed E-state index contributed by atoms with van der Waals surface area (Å²) in [6.45, 7) is 4.14. The highest BCUT2D eigenvalue weighted by Crippen LogP contribution is 2.27. The molecule has 0 spiro atoms. The van der Waals surface area contributed by atoms with Crippen molar-refractivity contribution < 1.29 is 18.0 Å². The molecule has 20 heavy (non-hydrogen) atoms. The SMILES string of the molecule is CC(C)CNC(=O)CNc1cc(N)nc(C(F)(F)F)n1. The molecule has 4 N–H and O–H groups in total. The topological polar surface area (TPSA) is 92.9 Å². The summed E-state index contributed by atoms with van der Waals surface area (Å²) in [6, 6.07) is 1.13. The van der Waals surface area contributed by atoms with Gasteiger partial charge in [0, 0.05) is 12.6 Å². The van der Waals surface area contributed by atoms with Gasteiger partial charge in [-0.15, -0.1) is 0 Å². The van der Waals surface area contributed by atoms with E-state index in [9.17, 15) is 18.0 Å². The van der Waals surface area contributed by atoms with Crippen LogP contribution in [-0.2, 0) is 11.0 Å². The number of halogens is 3. The van der Waals surface area contributed by atoms with Crippen molar-refractivity contribution in [2.75, 3.05) is 24.1 Å². The van der Waals surface area contributed by atoms with Crippen LogP contribution in [0.3, 0.4) is 0 Å². The molecule has 0 atom stereocenters. The van der Waals surface area contributed by atoms with Crippen LogP contribution in [0.2, 0.25) is 0 Å². The Morgan fingerprint density at radius 1 is 1.40 bits per heavy atom. The zero-order chi connectivity index (χ0) is 15.3. The first kappa shape index (κ1) is 16.0. The van der Waals surface area contributed by atoms with Crippen LogP contribution in [-0.4, -0.2) is 29.0 Å². The number of carbonyl (C=O) groups is 1. The van der Waals surface area contributed by atoms with Crippen LogP contribution < -0.4 is 16.4 Å². The normalized spacial score (nSPS) is 11.5. The summed E-state index contributed by atoms with van der Waals surface area (Å²) in [5.74, 6) is -1.88. The first-order chi connectivity index (χ1) is 9.18. The summed E-state index contributed by atoms with van der Waals surface area (Å²) < 4.78 is 37.4. The summed E-state index contributed by atoms with van der Waals surface area (Å²) in [6.07, 6.45) is -4.69. The van der Waals surface area contributed by atoms with Gasteiger partial charge < -0.3 is 16.4 Å². The van der Waals surface area contributed by atoms with Gasteiger partial charge in [0.25, 0.3) is 0 Å². The van der Waals surface area contributed by atoms with Gasteiger partial charge >= 0.3 is 6.18 Å². The molecule has 0 aromatic carbocycles. The molecule has 1 rings (SSSR count). The maximum atomic E-state index is 12.5. The molecular formula is C11H16F3N5O. The summed E-state index contributed by atoms with van der Waals surface area (Å²) in [5, 5.41) is 5.09. The van der Waals surface area contributed by atoms with Crippen molar-refractivity contribution in [3.63, 3.8) is 0 Å². The van der Waals surface area contributed by atoms with E-state index < -0.39 is 12.0 Å². The number of nitrogen functional groups attached to an aromatic ring is 1. The monoisotopic (exact) mass is 291 g/mol. The third-order valence-electron chi connectivity index (χ3n) is 2.14. The highest BCUT2D eigenvalue weighted by molar-refractivity contribution is 5.80. The van der Waals surface area contributed by atoms with Crippen LogP contribution in [0.15, 0.2) is 6.07 Å². The maximum Gasteiger partial charge on any atom is 0.451 e. The van der Waals surface area contributed by atoms with Gasteiger partial charge in [-0.2, -0.15) is 13.2 Å². The molecular weight excluding hydrogens is 275 g/mol. The Balaban J connectivity index is 2.64. The van der Waals surface area contributed by atoms with Crippen LogP contribution in [0.25, 0.3) is 0 Å². The number of rotatable bonds is 5. The molecule has 9 heteroatoms. The Hall–Kier alpha value is -2.06. The number of carbonyl (C=O) groups excluding carboxylic acids is 1. The first-order valence-electron chi connectivity index (χ1n) is 5.91. The van der Waals surface area contributed by atoms with E-state index in [-0.39, 0.29) is 30.0 Å². The average molecular weight is 291 g/mol. The fourth-order valence-electron chi connectivity index (χ4n) is 1.23. The van der Waals surface area contributed by atoms with E-state index in [0.717, 1.165) is 6.07 Å². The van der Waals surface area contributed by atoms with E-state index in [1.54, 1.807) is 0 Å². The molecule has 0 radical (unpaired) electrons. The van der Waals surface area contributed by atoms with Crippen molar-refractivity contribution in [3.8, 4) is 0 Å². The second-order valence-corrected chi connectivity index (χ2v) is 4.55. The van der Waals surface area contributed by atoms with E-state index in [1.807, 2.05) is 13.8 Å². The lowest BCUT2D eigenvalue weighted by molar-refractivity contribution is -0.144. The van der Waals surface area contributed by atoms with Crippen molar-refractivity contribution in [1.29, 1.82) is 0 Å². The maximum absolute atomic E-state index is 12.5. The Bertz CT molecular complexity index is 476. The van der Waals surface area contributed by atoms with E-state index in [4.69, 9.17) is 5.73 Å². The van der Waals surface area contributed by atoms with Crippen molar-refractivity contribution in [2.45, 2.75) is 20.0 Å². The molecule has 6 nitrogen and oxygen atoms in total. The molecule has 0 unspecified atom stereocenters. The minimum atomic E-state index is -4.69. The predicted molar refractivity (Wildman–Crippen MR) is 67.8 cm³/mol. The molecule has 1 aromatic heterocycles. The lowest BCUT2D eigenvalue weighted by Crippen LogP contribution is -2.32. The number of nitrogens with zero attached hydrogens (tertiary/aromatic N) is 2. The minimum Gasteiger partial charge on any atom is -0.384 e. The first-order valence-corrected chi connectivity index (χ1v) is 5.91. The van der Waals surface area contributed by atoms with Crippen molar-refractivity contribution in [2.24, 2.45) is 5.92 Å². The molecule has 0 saturated carbocycles. The van der Waals surface area contributed by atoms with E-state index in [1.165, 1.54) is 0 Å². The number of nitrogens with two attached hydrogens (primary N) is 1. The molecule has 112 valence electrons. The average Bonchev–Trinajstić information content (AvgIpc) is 2.32. The van der Waals surface area contributed by atoms with Gasteiger partial charge in [-0.25, -0.2) is 9.97 Å². The number of hydrogen-bond acceptors (Lipinski definition) is 5. The zero-order valence-electron chi connectivity index (χ0n) is 11.1. The second-order valence-electron chi connectivity index (χ2n) is 4.55. The van der Waals surface area contributed by atoms with Gasteiger partial charge in [0.1, 0.15) is 11.6 Å². The predicted octanol–water partition coefficient (Wildman–Crippen LogP) is 1.26. The van der Waals surface area contributed by atoms with Crippen molar-refractivity contribution in [1.82, 2.24) is 15.3 Å². The largest absolute Gasteiger partial charge is 0.451 e. The number of hydrogen-bond donors (Lipinski definition) is 3. The van der Waals surface area contributed by atoms with Crippen LogP contribution in [0, 0.1) is 5.92 Å². The standard InChI is InChI=1S/C11H16F3N5O/c1-6(2)4-17-9(20)5-16-8-3-7(15)18-10(19-8)11(12,13)14/h3,6H,4-5H2,1-2H3,(H,17,20)(H3,15,16,18,19). The van der Waals surface area contributed by atoms with Gasteiger partial charge in [0.05, 0.1) is 6.54 Å². The zero-order valence-corrected chi connectivity index (χ0v) is 11.1. The highest BCUT2D eigenvalue weighted by Gasteiger charge is 2.35. The van der Waals surface area contributed by atoms with Crippen molar-refractivity contribution >= 4 is 17.5 Å². The van der Waals surface area contributed by atoms with Gasteiger partial charge in [-0.1, -0.05) is 13.8 Å². The fraction of sp³-hybridized carbons (Fsp3) is 0.545. The van der Waals surface area contributed by atoms with Gasteiger partial charge in [0.15, 0.2) is 0 Å². The Morgan fingerprint density at radius 3 is 2.60 bits per heavy atom. The summed E-state index contributed by atoms with van der Waals surface area (Å²) in [5.41, 5.74) is 5.27. The summed E-state index contributed by atoms with van der Waals surface area (Å²) >= 11 is 0. The third kappa shape index (κ3) is 5.29. The number of anilines is 2. The lowest BCUT2D eigenvalue weighted by Gasteiger charge is -2.11. The molecule has 0 saturated heterocycles. The Morgan fingerprint density at radius 2 is 2.05 bits per heavy atom. The number of alkyl halides is 3. The Labute approximate surface area is 114 Å². The van der Waals surface area contributed by atoms with Crippen LogP contribution in [0.5, 0.6) is 0 Å². The summed E-state index contributed by atoms with van der Waals surface area (Å²) in [4.78, 5) is 17.8. The van der Waals surface area contributed by atoms with Crippen LogP contribution in [0.4, 0.5) is 24.8 Å². The summed E-state index contributed by atoms with van der Waals surface area (Å²) in [7, 11) is 0. The van der Waals surface area contributed by atoms with Crippen LogP contribution >= 0.6 is 0 Å². The number of amides is 1. The minimum absolute atomic E-state index is 0.149. The molecule has 1 heterocycles. The van der Waals surface area contributed by atoms with Gasteiger partial charge in [0.2, 0.25) is 11.7 Å². The second kappa shape index (κ2) is 6.40. The molecule has 1 aromatic rings. The molecule has 0 bridgehead atoms. The molecule has 0 fully saturated rings. The lowest BCUT2D eigenvalue weighted by atomic mass is 10.2. The molecule has 1 amide bonds. The molecule has 0 aliphatic heterocycles. The quantitative estimate of drug-likeness (QED) is 0.759. The third-order valence-corrected chi connectivity index (χ3v) is 2.14. The van der Waals surface area contributed by atoms with Gasteiger partial charge in [-0.3, -0.25) is 4.79 Å². The molecule has 0 aliphatic carbocycles. The van der Waals surface area contributed by atoms with Crippen molar-refractivity contribution in [3.05, 3.63) is 11.9 Å². The van der Waals surface area contributed by atoms with E-state index in [2.05, 4.69) is 20.6 Å². The Kier molecular flexibility index (Phi) is 5.12. The van der Waals surface area contributed by atoms with E-state index >= 15 is 0 Å². The fourth-order valence-corrected chi connectivity index (χ4v) is 1.23. The van der Waals surface area contributed by atoms with Crippen LogP contribution in [0.1, 0.15) is 19.7 Å². The van der Waals surface area contributed by atoms with E-state index in [0.29, 0.717) is 6.54 Å². The highest BCUT2D eigenvalue weighted by atomic mass is 19.4. The number of nitrogens with one attached hydrogen (secondary N) is 2. The number of aromatic nitrogens is 2. The smallest absolute Gasteiger partial charge is 0.384 e. The van der Waals surface area contributed by atoms with Gasteiger partial charge in [-0.05, 0) is 5.92 Å².